The predicted molar refractivity (Wildman–Crippen MR) is 93.9 cm³/mol. The maximum atomic E-state index is 12.7. The molecular formula is C19H23N3O2. The summed E-state index contributed by atoms with van der Waals surface area (Å²) < 4.78 is 0. The van der Waals surface area contributed by atoms with Crippen molar-refractivity contribution in [3.05, 3.63) is 41.1 Å². The van der Waals surface area contributed by atoms with E-state index in [1.165, 1.54) is 0 Å². The average Bonchev–Trinajstić information content (AvgIpc) is 2.87. The van der Waals surface area contributed by atoms with Gasteiger partial charge in [0.15, 0.2) is 0 Å². The molecule has 5 heteroatoms. The zero-order valence-electron chi connectivity index (χ0n) is 14.6. The van der Waals surface area contributed by atoms with E-state index in [-0.39, 0.29) is 23.9 Å². The normalized spacial score (nSPS) is 17.8. The van der Waals surface area contributed by atoms with Crippen LogP contribution in [-0.4, -0.2) is 40.3 Å². The smallest absolute Gasteiger partial charge is 0.253 e. The van der Waals surface area contributed by atoms with Gasteiger partial charge in [0.1, 0.15) is 0 Å². The summed E-state index contributed by atoms with van der Waals surface area (Å²) in [5.41, 5.74) is 3.29. The van der Waals surface area contributed by atoms with E-state index in [0.717, 1.165) is 16.5 Å². The Morgan fingerprint density at radius 2 is 2.04 bits per heavy atom. The number of carbonyl (C=O) groups excluding carboxylic acids is 2. The molecule has 1 N–H and O–H groups in total. The number of pyridine rings is 1. The summed E-state index contributed by atoms with van der Waals surface area (Å²) in [4.78, 5) is 31.0. The molecule has 5 nitrogen and oxygen atoms in total. The number of nitrogens with zero attached hydrogens (tertiary/aromatic N) is 2. The molecule has 0 spiro atoms. The minimum atomic E-state index is -0.160. The van der Waals surface area contributed by atoms with Gasteiger partial charge in [-0.15, -0.1) is 0 Å². The fourth-order valence-corrected chi connectivity index (χ4v) is 3.21. The molecule has 126 valence electrons. The number of hydrogen-bond acceptors (Lipinski definition) is 3. The van der Waals surface area contributed by atoms with Crippen molar-refractivity contribution in [3.63, 3.8) is 0 Å². The Bertz CT molecular complexity index is 814. The monoisotopic (exact) mass is 325 g/mol. The van der Waals surface area contributed by atoms with Crippen molar-refractivity contribution in [2.75, 3.05) is 6.54 Å². The molecule has 24 heavy (non-hydrogen) atoms. The number of aromatic nitrogens is 1. The molecule has 0 saturated carbocycles. The van der Waals surface area contributed by atoms with Crippen LogP contribution in [0, 0.1) is 13.8 Å². The standard InChI is InChI=1S/C19H23N3O2/c1-11(2)22-10-15(9-18(22)23)21-19(24)16-8-14-7-12(3)5-6-17(14)20-13(16)4/h5-8,11,15H,9-10H2,1-4H3,(H,21,24)/t15-/m1/s1. The van der Waals surface area contributed by atoms with Gasteiger partial charge in [0.25, 0.3) is 5.91 Å². The summed E-state index contributed by atoms with van der Waals surface area (Å²) >= 11 is 0. The van der Waals surface area contributed by atoms with Gasteiger partial charge in [0, 0.05) is 24.4 Å². The molecule has 0 aliphatic carbocycles. The Labute approximate surface area is 142 Å². The molecule has 1 fully saturated rings. The number of nitrogens with one attached hydrogen (secondary N) is 1. The van der Waals surface area contributed by atoms with E-state index < -0.39 is 0 Å². The first kappa shape index (κ1) is 16.4. The number of rotatable bonds is 3. The van der Waals surface area contributed by atoms with Gasteiger partial charge in [-0.2, -0.15) is 0 Å². The van der Waals surface area contributed by atoms with Crippen molar-refractivity contribution in [2.24, 2.45) is 0 Å². The first-order valence-corrected chi connectivity index (χ1v) is 8.33. The molecule has 0 bridgehead atoms. The number of amides is 2. The Kier molecular flexibility index (Phi) is 4.26. The molecule has 0 radical (unpaired) electrons. The fraction of sp³-hybridized carbons (Fsp3) is 0.421. The Hall–Kier alpha value is -2.43. The van der Waals surface area contributed by atoms with Gasteiger partial charge in [0.05, 0.1) is 22.8 Å². The molecule has 1 atom stereocenters. The van der Waals surface area contributed by atoms with Crippen LogP contribution in [0.2, 0.25) is 0 Å². The zero-order chi connectivity index (χ0) is 17.4. The maximum absolute atomic E-state index is 12.7. The summed E-state index contributed by atoms with van der Waals surface area (Å²) in [6.45, 7) is 8.41. The van der Waals surface area contributed by atoms with Crippen LogP contribution >= 0.6 is 0 Å². The molecule has 0 unspecified atom stereocenters. The first-order valence-electron chi connectivity index (χ1n) is 8.33. The summed E-state index contributed by atoms with van der Waals surface area (Å²) in [5, 5.41) is 3.94. The summed E-state index contributed by atoms with van der Waals surface area (Å²) in [6.07, 6.45) is 0.364. The SMILES string of the molecule is Cc1ccc2nc(C)c(C(=O)N[C@@H]3CC(=O)N(C(C)C)C3)cc2c1. The highest BCUT2D eigenvalue weighted by atomic mass is 16.2. The average molecular weight is 325 g/mol. The highest BCUT2D eigenvalue weighted by Gasteiger charge is 2.32. The third kappa shape index (κ3) is 3.11. The molecule has 2 heterocycles. The molecule has 1 saturated heterocycles. The largest absolute Gasteiger partial charge is 0.347 e. The molecule has 2 aromatic rings. The van der Waals surface area contributed by atoms with Gasteiger partial charge in [-0.1, -0.05) is 11.6 Å². The lowest BCUT2D eigenvalue weighted by Crippen LogP contribution is -2.39. The van der Waals surface area contributed by atoms with Crippen LogP contribution in [0.1, 0.15) is 41.9 Å². The molecule has 1 aromatic heterocycles. The van der Waals surface area contributed by atoms with Gasteiger partial charge in [-0.3, -0.25) is 14.6 Å². The van der Waals surface area contributed by atoms with Gasteiger partial charge >= 0.3 is 0 Å². The topological polar surface area (TPSA) is 62.3 Å². The number of hydrogen-bond donors (Lipinski definition) is 1. The number of aryl methyl sites for hydroxylation is 2. The van der Waals surface area contributed by atoms with Crippen LogP contribution in [0.15, 0.2) is 24.3 Å². The van der Waals surface area contributed by atoms with Crippen LogP contribution in [0.5, 0.6) is 0 Å². The van der Waals surface area contributed by atoms with Crippen LogP contribution in [-0.2, 0) is 4.79 Å². The third-order valence-corrected chi connectivity index (χ3v) is 4.52. The molecule has 3 rings (SSSR count). The van der Waals surface area contributed by atoms with E-state index in [1.807, 2.05) is 52.0 Å². The van der Waals surface area contributed by atoms with Crippen molar-refractivity contribution < 1.29 is 9.59 Å². The second-order valence-corrected chi connectivity index (χ2v) is 6.83. The van der Waals surface area contributed by atoms with E-state index >= 15 is 0 Å². The van der Waals surface area contributed by atoms with Crippen molar-refractivity contribution in [1.82, 2.24) is 15.2 Å². The first-order chi connectivity index (χ1) is 11.3. The van der Waals surface area contributed by atoms with Crippen LogP contribution in [0.25, 0.3) is 10.9 Å². The minimum absolute atomic E-state index is 0.0966. The predicted octanol–water partition coefficient (Wildman–Crippen LogP) is 2.59. The van der Waals surface area contributed by atoms with Gasteiger partial charge in [0.2, 0.25) is 5.91 Å². The third-order valence-electron chi connectivity index (χ3n) is 4.52. The molecule has 1 aromatic carbocycles. The van der Waals surface area contributed by atoms with Crippen molar-refractivity contribution in [2.45, 2.75) is 46.2 Å². The Morgan fingerprint density at radius 3 is 2.71 bits per heavy atom. The summed E-state index contributed by atoms with van der Waals surface area (Å²) in [6, 6.07) is 7.91. The van der Waals surface area contributed by atoms with Crippen molar-refractivity contribution in [1.29, 1.82) is 0 Å². The van der Waals surface area contributed by atoms with E-state index in [0.29, 0.717) is 24.2 Å². The second-order valence-electron chi connectivity index (χ2n) is 6.83. The summed E-state index contributed by atoms with van der Waals surface area (Å²) in [5.74, 6) is -0.0638. The quantitative estimate of drug-likeness (QED) is 0.943. The van der Waals surface area contributed by atoms with Crippen LogP contribution in [0.4, 0.5) is 0 Å². The van der Waals surface area contributed by atoms with Crippen LogP contribution < -0.4 is 5.32 Å². The van der Waals surface area contributed by atoms with E-state index in [9.17, 15) is 9.59 Å². The maximum Gasteiger partial charge on any atom is 0.253 e. The molecule has 1 aliphatic heterocycles. The van der Waals surface area contributed by atoms with Gasteiger partial charge in [-0.25, -0.2) is 0 Å². The lowest BCUT2D eigenvalue weighted by atomic mass is 10.1. The van der Waals surface area contributed by atoms with Gasteiger partial charge in [-0.05, 0) is 45.9 Å². The highest BCUT2D eigenvalue weighted by molar-refractivity contribution is 5.99. The Morgan fingerprint density at radius 1 is 1.29 bits per heavy atom. The Balaban J connectivity index is 1.81. The number of carbonyl (C=O) groups is 2. The van der Waals surface area contributed by atoms with E-state index in [1.54, 1.807) is 4.90 Å². The van der Waals surface area contributed by atoms with E-state index in [2.05, 4.69) is 10.3 Å². The zero-order valence-corrected chi connectivity index (χ0v) is 14.6. The lowest BCUT2D eigenvalue weighted by molar-refractivity contribution is -0.129. The van der Waals surface area contributed by atoms with Crippen LogP contribution in [0.3, 0.4) is 0 Å². The van der Waals surface area contributed by atoms with Crippen molar-refractivity contribution >= 4 is 22.7 Å². The lowest BCUT2D eigenvalue weighted by Gasteiger charge is -2.21. The van der Waals surface area contributed by atoms with Crippen molar-refractivity contribution in [3.8, 4) is 0 Å². The number of benzene rings is 1. The van der Waals surface area contributed by atoms with E-state index in [4.69, 9.17) is 0 Å². The minimum Gasteiger partial charge on any atom is -0.347 e. The second kappa shape index (κ2) is 6.23. The van der Waals surface area contributed by atoms with Gasteiger partial charge < -0.3 is 10.2 Å². The summed E-state index contributed by atoms with van der Waals surface area (Å²) in [7, 11) is 0. The highest BCUT2D eigenvalue weighted by Crippen LogP contribution is 2.19. The molecule has 2 amide bonds. The molecular weight excluding hydrogens is 302 g/mol. The fourth-order valence-electron chi connectivity index (χ4n) is 3.21. The molecule has 1 aliphatic rings. The number of fused-ring (bicyclic) bond motifs is 1. The number of likely N-dealkylation sites (tertiary alicyclic amines) is 1.